The molecule has 0 heterocycles. The van der Waals surface area contributed by atoms with E-state index in [1.165, 1.54) is 5.57 Å². The van der Waals surface area contributed by atoms with Crippen LogP contribution >= 0.6 is 0 Å². The molecule has 0 aromatic heterocycles. The average molecular weight is 403 g/mol. The Labute approximate surface area is 186 Å². The van der Waals surface area contributed by atoms with Crippen molar-refractivity contribution in [3.63, 3.8) is 0 Å². The first-order chi connectivity index (χ1) is 13.3. The quantitative estimate of drug-likeness (QED) is 0.280. The Morgan fingerprint density at radius 2 is 0.724 bits per heavy atom. The van der Waals surface area contributed by atoms with Gasteiger partial charge in [0.15, 0.2) is 0 Å². The molecule has 0 aromatic carbocycles. The molecule has 0 spiro atoms. The normalized spacial score (nSPS) is 13.1. The van der Waals surface area contributed by atoms with Gasteiger partial charge in [0, 0.05) is 0 Å². The Balaban J connectivity index is -0.000000354. The second kappa shape index (κ2) is 21.4. The molecular formula is C29H54. The fourth-order valence-electron chi connectivity index (χ4n) is 1.94. The number of hydrogen-bond acceptors (Lipinski definition) is 0. The van der Waals surface area contributed by atoms with Gasteiger partial charge in [-0.1, -0.05) is 143 Å². The molecule has 0 aliphatic carbocycles. The van der Waals surface area contributed by atoms with Crippen molar-refractivity contribution in [3.8, 4) is 0 Å². The van der Waals surface area contributed by atoms with Crippen molar-refractivity contribution >= 4 is 0 Å². The molecule has 0 aliphatic heterocycles. The highest BCUT2D eigenvalue weighted by Crippen LogP contribution is 2.05. The Bertz CT molecular complexity index is 448. The van der Waals surface area contributed by atoms with Crippen LogP contribution in [0.1, 0.15) is 90.0 Å². The zero-order valence-corrected chi connectivity index (χ0v) is 22.2. The molecule has 0 aliphatic rings. The van der Waals surface area contributed by atoms with E-state index in [1.54, 1.807) is 0 Å². The van der Waals surface area contributed by atoms with Crippen molar-refractivity contribution in [3.05, 3.63) is 60.3 Å². The maximum absolute atomic E-state index is 2.28. The minimum atomic E-state index is 0.658. The van der Waals surface area contributed by atoms with Gasteiger partial charge in [-0.2, -0.15) is 0 Å². The van der Waals surface area contributed by atoms with Crippen LogP contribution in [0.4, 0.5) is 0 Å². The van der Waals surface area contributed by atoms with Gasteiger partial charge in [0.25, 0.3) is 0 Å². The van der Waals surface area contributed by atoms with Crippen molar-refractivity contribution < 1.29 is 0 Å². The van der Waals surface area contributed by atoms with Crippen LogP contribution in [0, 0.1) is 35.5 Å². The summed E-state index contributed by atoms with van der Waals surface area (Å²) in [6, 6.07) is 0. The molecular weight excluding hydrogens is 348 g/mol. The van der Waals surface area contributed by atoms with E-state index in [1.807, 2.05) is 0 Å². The van der Waals surface area contributed by atoms with E-state index in [-0.39, 0.29) is 0 Å². The molecule has 170 valence electrons. The second-order valence-electron chi connectivity index (χ2n) is 9.89. The summed E-state index contributed by atoms with van der Waals surface area (Å²) >= 11 is 0. The van der Waals surface area contributed by atoms with Crippen LogP contribution in [0.2, 0.25) is 0 Å². The molecule has 0 unspecified atom stereocenters. The first kappa shape index (κ1) is 32.4. The standard InChI is InChI=1S/C11H20.C10H18.C8H16/c1-9(2)6-7-11(5)8-10(3)4;1-9(2)7-5-6-8-10(3)4;1-7(2)5-6-8(3)4/h6-10H,1-5H3;5-10H,1-4H3;5-8H,1-4H3/b7-6+,11-8+;7-5+,8-6+;6-5+. The predicted molar refractivity (Wildman–Crippen MR) is 139 cm³/mol. The SMILES string of the molecule is CC(/C=C/C(C)C)=C\C(C)C.CC(C)/C=C/C(C)C.CC(C)/C=C/C=C/C(C)C. The molecule has 0 N–H and O–H groups in total. The van der Waals surface area contributed by atoms with Crippen molar-refractivity contribution in [2.75, 3.05) is 0 Å². The minimum Gasteiger partial charge on any atom is -0.0857 e. The van der Waals surface area contributed by atoms with Crippen molar-refractivity contribution in [1.82, 2.24) is 0 Å². The van der Waals surface area contributed by atoms with E-state index >= 15 is 0 Å². The van der Waals surface area contributed by atoms with Crippen molar-refractivity contribution in [2.45, 2.75) is 90.0 Å². The van der Waals surface area contributed by atoms with E-state index in [0.717, 1.165) is 0 Å². The molecule has 0 aromatic rings. The van der Waals surface area contributed by atoms with Gasteiger partial charge in [-0.05, 0) is 42.4 Å². The Hall–Kier alpha value is -1.30. The summed E-state index contributed by atoms with van der Waals surface area (Å²) in [5, 5.41) is 0. The molecule has 0 radical (unpaired) electrons. The van der Waals surface area contributed by atoms with E-state index in [4.69, 9.17) is 0 Å². The molecule has 0 atom stereocenters. The maximum atomic E-state index is 2.28. The maximum Gasteiger partial charge on any atom is -0.0285 e. The first-order valence-corrected chi connectivity index (χ1v) is 11.7. The summed E-state index contributed by atoms with van der Waals surface area (Å²) in [5.74, 6) is 4.06. The van der Waals surface area contributed by atoms with E-state index in [9.17, 15) is 0 Å². The summed E-state index contributed by atoms with van der Waals surface area (Å²) in [5.41, 5.74) is 1.37. The van der Waals surface area contributed by atoms with E-state index < -0.39 is 0 Å². The highest BCUT2D eigenvalue weighted by molar-refractivity contribution is 5.16. The molecule has 0 amide bonds. The topological polar surface area (TPSA) is 0 Å². The van der Waals surface area contributed by atoms with Crippen LogP contribution in [0.25, 0.3) is 0 Å². The highest BCUT2D eigenvalue weighted by atomic mass is 13.9. The Kier molecular flexibility index (Phi) is 23.9. The lowest BCUT2D eigenvalue weighted by atomic mass is 10.1. The average Bonchev–Trinajstić information content (AvgIpc) is 2.55. The van der Waals surface area contributed by atoms with Gasteiger partial charge >= 0.3 is 0 Å². The van der Waals surface area contributed by atoms with Gasteiger partial charge in [0.2, 0.25) is 0 Å². The molecule has 0 fully saturated rings. The third-order valence-electron chi connectivity index (χ3n) is 3.32. The van der Waals surface area contributed by atoms with Crippen molar-refractivity contribution in [1.29, 1.82) is 0 Å². The van der Waals surface area contributed by atoms with Crippen LogP contribution in [-0.2, 0) is 0 Å². The number of allylic oxidation sites excluding steroid dienone is 10. The molecule has 0 rings (SSSR count). The minimum absolute atomic E-state index is 0.658. The largest absolute Gasteiger partial charge is 0.0857 e. The van der Waals surface area contributed by atoms with Crippen LogP contribution in [0.5, 0.6) is 0 Å². The van der Waals surface area contributed by atoms with Crippen LogP contribution < -0.4 is 0 Å². The predicted octanol–water partition coefficient (Wildman–Crippen LogP) is 10.1. The lowest BCUT2D eigenvalue weighted by Gasteiger charge is -1.98. The lowest BCUT2D eigenvalue weighted by molar-refractivity contribution is 0.780. The summed E-state index contributed by atoms with van der Waals surface area (Å²) < 4.78 is 0. The summed E-state index contributed by atoms with van der Waals surface area (Å²) in [6.45, 7) is 28.4. The highest BCUT2D eigenvalue weighted by Gasteiger charge is 1.88. The summed E-state index contributed by atoms with van der Waals surface area (Å²) in [6.07, 6.45) is 19.8. The van der Waals surface area contributed by atoms with E-state index in [2.05, 4.69) is 145 Å². The van der Waals surface area contributed by atoms with Crippen molar-refractivity contribution in [2.24, 2.45) is 35.5 Å². The third kappa shape index (κ3) is 42.0. The number of hydrogen-bond donors (Lipinski definition) is 0. The number of rotatable bonds is 8. The van der Waals surface area contributed by atoms with Gasteiger partial charge in [-0.3, -0.25) is 0 Å². The lowest BCUT2D eigenvalue weighted by Crippen LogP contribution is -1.82. The zero-order chi connectivity index (χ0) is 23.4. The molecule has 0 saturated heterocycles. The molecule has 0 saturated carbocycles. The smallest absolute Gasteiger partial charge is 0.0285 e. The molecule has 0 heteroatoms. The van der Waals surface area contributed by atoms with Crippen LogP contribution in [-0.4, -0.2) is 0 Å². The molecule has 29 heavy (non-hydrogen) atoms. The summed E-state index contributed by atoms with van der Waals surface area (Å²) in [7, 11) is 0. The van der Waals surface area contributed by atoms with Crippen LogP contribution in [0.3, 0.4) is 0 Å². The van der Waals surface area contributed by atoms with E-state index in [0.29, 0.717) is 35.5 Å². The fraction of sp³-hybridized carbons (Fsp3) is 0.655. The van der Waals surface area contributed by atoms with Gasteiger partial charge in [0.1, 0.15) is 0 Å². The van der Waals surface area contributed by atoms with Crippen LogP contribution in [0.15, 0.2) is 60.3 Å². The Morgan fingerprint density at radius 3 is 0.966 bits per heavy atom. The first-order valence-electron chi connectivity index (χ1n) is 11.7. The third-order valence-corrected chi connectivity index (χ3v) is 3.32. The van der Waals surface area contributed by atoms with Gasteiger partial charge < -0.3 is 0 Å². The molecule has 0 nitrogen and oxygen atoms in total. The Morgan fingerprint density at radius 1 is 0.414 bits per heavy atom. The van der Waals surface area contributed by atoms with Gasteiger partial charge in [-0.25, -0.2) is 0 Å². The van der Waals surface area contributed by atoms with Gasteiger partial charge in [0.05, 0.1) is 0 Å². The zero-order valence-electron chi connectivity index (χ0n) is 22.2. The van der Waals surface area contributed by atoms with Gasteiger partial charge in [-0.15, -0.1) is 0 Å². The summed E-state index contributed by atoms with van der Waals surface area (Å²) in [4.78, 5) is 0. The second-order valence-corrected chi connectivity index (χ2v) is 9.89. The fourth-order valence-corrected chi connectivity index (χ4v) is 1.94. The molecule has 0 bridgehead atoms. The monoisotopic (exact) mass is 402 g/mol.